The zero-order valence-corrected chi connectivity index (χ0v) is 9.36. The lowest BCUT2D eigenvalue weighted by Gasteiger charge is -2.33. The van der Waals surface area contributed by atoms with Crippen molar-refractivity contribution >= 4 is 17.3 Å². The van der Waals surface area contributed by atoms with Crippen molar-refractivity contribution in [3.8, 4) is 0 Å². The van der Waals surface area contributed by atoms with Crippen LogP contribution in [-0.4, -0.2) is 11.9 Å². The smallest absolute Gasteiger partial charge is 0.251 e. The molecule has 1 aromatic carbocycles. The quantitative estimate of drug-likeness (QED) is 0.657. The molecule has 1 saturated carbocycles. The first-order valence-electron chi connectivity index (χ1n) is 5.51. The molecule has 4 heteroatoms. The van der Waals surface area contributed by atoms with Gasteiger partial charge in [0.05, 0.1) is 0 Å². The minimum Gasteiger partial charge on any atom is -0.399 e. The summed E-state index contributed by atoms with van der Waals surface area (Å²) in [4.78, 5) is 11.8. The summed E-state index contributed by atoms with van der Waals surface area (Å²) in [5.74, 6) is 0.632. The number of anilines is 2. The molecule has 16 heavy (non-hydrogen) atoms. The second kappa shape index (κ2) is 4.04. The van der Waals surface area contributed by atoms with Crippen LogP contribution in [0.4, 0.5) is 11.4 Å². The van der Waals surface area contributed by atoms with Crippen LogP contribution in [0.25, 0.3) is 0 Å². The summed E-state index contributed by atoms with van der Waals surface area (Å²) in [5.41, 5.74) is 12.9. The standard InChI is InChI=1S/C12H17N3O/c1-7-2-11(3-7)15-12(16)8-4-9(13)6-10(14)5-8/h4-7,11H,2-3,13-14H2,1H3,(H,15,16). The van der Waals surface area contributed by atoms with Crippen LogP contribution in [0.1, 0.15) is 30.1 Å². The van der Waals surface area contributed by atoms with Crippen molar-refractivity contribution in [2.24, 2.45) is 5.92 Å². The monoisotopic (exact) mass is 219 g/mol. The van der Waals surface area contributed by atoms with Crippen LogP contribution in [0.3, 0.4) is 0 Å². The Kier molecular flexibility index (Phi) is 2.73. The van der Waals surface area contributed by atoms with E-state index in [1.807, 2.05) is 0 Å². The van der Waals surface area contributed by atoms with E-state index in [1.165, 1.54) is 0 Å². The number of nitrogens with two attached hydrogens (primary N) is 2. The fourth-order valence-electron chi connectivity index (χ4n) is 2.10. The number of hydrogen-bond acceptors (Lipinski definition) is 3. The van der Waals surface area contributed by atoms with Gasteiger partial charge in [-0.25, -0.2) is 0 Å². The third-order valence-corrected chi connectivity index (χ3v) is 2.95. The normalized spacial score (nSPS) is 23.6. The maximum atomic E-state index is 11.8. The van der Waals surface area contributed by atoms with Gasteiger partial charge in [0.2, 0.25) is 0 Å². The molecule has 0 unspecified atom stereocenters. The van der Waals surface area contributed by atoms with Gasteiger partial charge in [0, 0.05) is 23.0 Å². The van der Waals surface area contributed by atoms with Gasteiger partial charge in [0.1, 0.15) is 0 Å². The Balaban J connectivity index is 2.03. The molecule has 5 N–H and O–H groups in total. The highest BCUT2D eigenvalue weighted by Crippen LogP contribution is 2.26. The first-order chi connectivity index (χ1) is 7.54. The van der Waals surface area contributed by atoms with Gasteiger partial charge in [-0.3, -0.25) is 4.79 Å². The van der Waals surface area contributed by atoms with Gasteiger partial charge in [0.15, 0.2) is 0 Å². The van der Waals surface area contributed by atoms with Crippen molar-refractivity contribution in [3.05, 3.63) is 23.8 Å². The lowest BCUT2D eigenvalue weighted by Crippen LogP contribution is -2.43. The van der Waals surface area contributed by atoms with Crippen molar-refractivity contribution in [2.45, 2.75) is 25.8 Å². The fourth-order valence-corrected chi connectivity index (χ4v) is 2.10. The Morgan fingerprint density at radius 1 is 1.25 bits per heavy atom. The van der Waals surface area contributed by atoms with Crippen LogP contribution >= 0.6 is 0 Å². The van der Waals surface area contributed by atoms with Gasteiger partial charge >= 0.3 is 0 Å². The topological polar surface area (TPSA) is 81.1 Å². The molecule has 1 fully saturated rings. The molecule has 1 aromatic rings. The predicted octanol–water partition coefficient (Wildman–Crippen LogP) is 1.38. The van der Waals surface area contributed by atoms with E-state index in [-0.39, 0.29) is 5.91 Å². The molecule has 1 aliphatic rings. The Labute approximate surface area is 95.0 Å². The molecule has 0 bridgehead atoms. The van der Waals surface area contributed by atoms with Crippen LogP contribution in [0.15, 0.2) is 18.2 Å². The molecule has 0 atom stereocenters. The lowest BCUT2D eigenvalue weighted by atomic mass is 9.82. The van der Waals surface area contributed by atoms with E-state index in [2.05, 4.69) is 12.2 Å². The molecule has 4 nitrogen and oxygen atoms in total. The van der Waals surface area contributed by atoms with E-state index in [4.69, 9.17) is 11.5 Å². The predicted molar refractivity (Wildman–Crippen MR) is 64.9 cm³/mol. The number of nitrogens with one attached hydrogen (secondary N) is 1. The van der Waals surface area contributed by atoms with Crippen LogP contribution in [0.5, 0.6) is 0 Å². The van der Waals surface area contributed by atoms with Gasteiger partial charge < -0.3 is 16.8 Å². The number of benzene rings is 1. The summed E-state index contributed by atoms with van der Waals surface area (Å²) >= 11 is 0. The zero-order chi connectivity index (χ0) is 11.7. The first-order valence-corrected chi connectivity index (χ1v) is 5.51. The van der Waals surface area contributed by atoms with Crippen LogP contribution in [0.2, 0.25) is 0 Å². The summed E-state index contributed by atoms with van der Waals surface area (Å²) in [5, 5.41) is 2.97. The van der Waals surface area contributed by atoms with E-state index < -0.39 is 0 Å². The third kappa shape index (κ3) is 2.27. The van der Waals surface area contributed by atoms with Crippen LogP contribution in [-0.2, 0) is 0 Å². The molecule has 0 aromatic heterocycles. The average Bonchev–Trinajstić information content (AvgIpc) is 2.13. The van der Waals surface area contributed by atoms with Crippen molar-refractivity contribution in [1.29, 1.82) is 0 Å². The number of amides is 1. The number of rotatable bonds is 2. The molecular weight excluding hydrogens is 202 g/mol. The van der Waals surface area contributed by atoms with Crippen LogP contribution in [0, 0.1) is 5.92 Å². The molecule has 1 aliphatic carbocycles. The SMILES string of the molecule is CC1CC(NC(=O)c2cc(N)cc(N)c2)C1. The number of carbonyl (C=O) groups excluding carboxylic acids is 1. The van der Waals surface area contributed by atoms with Gasteiger partial charge in [-0.2, -0.15) is 0 Å². The van der Waals surface area contributed by atoms with Crippen molar-refractivity contribution in [3.63, 3.8) is 0 Å². The summed E-state index contributed by atoms with van der Waals surface area (Å²) in [6.45, 7) is 2.18. The van der Waals surface area contributed by atoms with Gasteiger partial charge in [-0.15, -0.1) is 0 Å². The van der Waals surface area contributed by atoms with Gasteiger partial charge in [-0.1, -0.05) is 6.92 Å². The van der Waals surface area contributed by atoms with E-state index >= 15 is 0 Å². The molecule has 86 valence electrons. The highest BCUT2D eigenvalue weighted by molar-refractivity contribution is 5.96. The van der Waals surface area contributed by atoms with E-state index in [0.29, 0.717) is 23.0 Å². The van der Waals surface area contributed by atoms with Crippen molar-refractivity contribution in [1.82, 2.24) is 5.32 Å². The van der Waals surface area contributed by atoms with Gasteiger partial charge in [-0.05, 0) is 37.0 Å². The fraction of sp³-hybridized carbons (Fsp3) is 0.417. The van der Waals surface area contributed by atoms with Crippen LogP contribution < -0.4 is 16.8 Å². The summed E-state index contributed by atoms with van der Waals surface area (Å²) in [7, 11) is 0. The minimum atomic E-state index is -0.0871. The van der Waals surface area contributed by atoms with Crippen molar-refractivity contribution in [2.75, 3.05) is 11.5 Å². The lowest BCUT2D eigenvalue weighted by molar-refractivity contribution is 0.0896. The number of nitrogen functional groups attached to an aromatic ring is 2. The Morgan fingerprint density at radius 3 is 2.31 bits per heavy atom. The average molecular weight is 219 g/mol. The van der Waals surface area contributed by atoms with E-state index in [0.717, 1.165) is 18.8 Å². The number of hydrogen-bond donors (Lipinski definition) is 3. The maximum absolute atomic E-state index is 11.8. The highest BCUT2D eigenvalue weighted by atomic mass is 16.1. The molecule has 1 amide bonds. The Morgan fingerprint density at radius 2 is 1.81 bits per heavy atom. The number of carbonyl (C=O) groups is 1. The summed E-state index contributed by atoms with van der Waals surface area (Å²) < 4.78 is 0. The molecule has 2 rings (SSSR count). The van der Waals surface area contributed by atoms with Crippen molar-refractivity contribution < 1.29 is 4.79 Å². The Hall–Kier alpha value is -1.71. The van der Waals surface area contributed by atoms with Gasteiger partial charge in [0.25, 0.3) is 5.91 Å². The largest absolute Gasteiger partial charge is 0.399 e. The second-order valence-corrected chi connectivity index (χ2v) is 4.64. The summed E-state index contributed by atoms with van der Waals surface area (Å²) in [6.07, 6.45) is 2.12. The molecule has 0 saturated heterocycles. The molecular formula is C12H17N3O. The molecule has 0 radical (unpaired) electrons. The van der Waals surface area contributed by atoms with E-state index in [1.54, 1.807) is 18.2 Å². The molecule has 0 aliphatic heterocycles. The molecule has 0 spiro atoms. The Bertz CT molecular complexity index is 390. The highest BCUT2D eigenvalue weighted by Gasteiger charge is 2.26. The summed E-state index contributed by atoms with van der Waals surface area (Å²) in [6, 6.07) is 5.24. The minimum absolute atomic E-state index is 0.0871. The second-order valence-electron chi connectivity index (χ2n) is 4.64. The maximum Gasteiger partial charge on any atom is 0.251 e. The zero-order valence-electron chi connectivity index (χ0n) is 9.36. The van der Waals surface area contributed by atoms with E-state index in [9.17, 15) is 4.79 Å². The first kappa shape index (κ1) is 10.8. The third-order valence-electron chi connectivity index (χ3n) is 2.95. The molecule has 0 heterocycles.